The summed E-state index contributed by atoms with van der Waals surface area (Å²) in [7, 11) is 0. The van der Waals surface area contributed by atoms with Gasteiger partial charge in [-0.1, -0.05) is 0 Å². The van der Waals surface area contributed by atoms with E-state index in [1.165, 1.54) is 4.88 Å². The average molecular weight is 214 g/mol. The van der Waals surface area contributed by atoms with Crippen LogP contribution in [0.5, 0.6) is 0 Å². The molecule has 3 nitrogen and oxygen atoms in total. The van der Waals surface area contributed by atoms with Crippen LogP contribution in [0.4, 0.5) is 0 Å². The van der Waals surface area contributed by atoms with E-state index in [0.717, 1.165) is 18.7 Å². The van der Waals surface area contributed by atoms with Crippen LogP contribution in [-0.4, -0.2) is 23.7 Å². The highest BCUT2D eigenvalue weighted by molar-refractivity contribution is 7.09. The van der Waals surface area contributed by atoms with Crippen LogP contribution in [0.15, 0.2) is 5.51 Å². The van der Waals surface area contributed by atoms with E-state index in [0.29, 0.717) is 6.61 Å². The molecule has 0 atom stereocenters. The van der Waals surface area contributed by atoms with Crippen molar-refractivity contribution in [3.8, 4) is 0 Å². The van der Waals surface area contributed by atoms with Crippen molar-refractivity contribution >= 4 is 11.3 Å². The molecule has 0 amide bonds. The zero-order chi connectivity index (χ0) is 10.6. The first-order valence-corrected chi connectivity index (χ1v) is 5.62. The molecule has 1 heterocycles. The number of ether oxygens (including phenoxy) is 1. The van der Waals surface area contributed by atoms with Crippen LogP contribution in [0.1, 0.15) is 24.4 Å². The SMILES string of the molecule is Cc1ncsc1CCOCC(C)(C)N. The Morgan fingerprint density at radius 2 is 2.29 bits per heavy atom. The summed E-state index contributed by atoms with van der Waals surface area (Å²) in [5.41, 5.74) is 8.55. The highest BCUT2D eigenvalue weighted by Crippen LogP contribution is 2.12. The Labute approximate surface area is 89.3 Å². The number of nitrogens with zero attached hydrogens (tertiary/aromatic N) is 1. The van der Waals surface area contributed by atoms with Crippen LogP contribution in [0.3, 0.4) is 0 Å². The topological polar surface area (TPSA) is 48.1 Å². The zero-order valence-electron chi connectivity index (χ0n) is 9.04. The fraction of sp³-hybridized carbons (Fsp3) is 0.700. The molecule has 0 unspecified atom stereocenters. The van der Waals surface area contributed by atoms with E-state index in [4.69, 9.17) is 10.5 Å². The summed E-state index contributed by atoms with van der Waals surface area (Å²) in [6.45, 7) is 7.28. The molecule has 80 valence electrons. The van der Waals surface area contributed by atoms with Crippen molar-refractivity contribution in [3.63, 3.8) is 0 Å². The summed E-state index contributed by atoms with van der Waals surface area (Å²) in [6, 6.07) is 0. The van der Waals surface area contributed by atoms with E-state index in [-0.39, 0.29) is 5.54 Å². The molecule has 4 heteroatoms. The number of aryl methyl sites for hydroxylation is 1. The van der Waals surface area contributed by atoms with E-state index in [2.05, 4.69) is 4.98 Å². The van der Waals surface area contributed by atoms with Gasteiger partial charge in [-0.25, -0.2) is 4.98 Å². The molecule has 1 aromatic heterocycles. The van der Waals surface area contributed by atoms with Crippen molar-refractivity contribution in [2.75, 3.05) is 13.2 Å². The summed E-state index contributed by atoms with van der Waals surface area (Å²) in [6.07, 6.45) is 0.937. The normalized spacial score (nSPS) is 12.0. The molecular weight excluding hydrogens is 196 g/mol. The lowest BCUT2D eigenvalue weighted by molar-refractivity contribution is 0.0999. The van der Waals surface area contributed by atoms with Gasteiger partial charge >= 0.3 is 0 Å². The molecule has 0 fully saturated rings. The maximum Gasteiger partial charge on any atom is 0.0797 e. The maximum absolute atomic E-state index is 5.79. The van der Waals surface area contributed by atoms with Gasteiger partial charge in [0, 0.05) is 16.8 Å². The first-order valence-electron chi connectivity index (χ1n) is 4.74. The van der Waals surface area contributed by atoms with E-state index in [1.54, 1.807) is 11.3 Å². The average Bonchev–Trinajstić information content (AvgIpc) is 2.44. The minimum atomic E-state index is -0.233. The number of nitrogens with two attached hydrogens (primary N) is 1. The highest BCUT2D eigenvalue weighted by Gasteiger charge is 2.10. The van der Waals surface area contributed by atoms with Gasteiger partial charge in [-0.3, -0.25) is 0 Å². The van der Waals surface area contributed by atoms with Gasteiger partial charge in [0.15, 0.2) is 0 Å². The molecule has 0 saturated heterocycles. The molecule has 1 rings (SSSR count). The monoisotopic (exact) mass is 214 g/mol. The van der Waals surface area contributed by atoms with E-state index in [9.17, 15) is 0 Å². The molecule has 0 aliphatic heterocycles. The molecule has 0 aromatic carbocycles. The van der Waals surface area contributed by atoms with Gasteiger partial charge in [0.25, 0.3) is 0 Å². The molecule has 14 heavy (non-hydrogen) atoms. The van der Waals surface area contributed by atoms with Gasteiger partial charge in [0.05, 0.1) is 24.4 Å². The fourth-order valence-corrected chi connectivity index (χ4v) is 1.83. The van der Waals surface area contributed by atoms with E-state index in [1.807, 2.05) is 26.3 Å². The van der Waals surface area contributed by atoms with E-state index >= 15 is 0 Å². The maximum atomic E-state index is 5.79. The smallest absolute Gasteiger partial charge is 0.0797 e. The summed E-state index contributed by atoms with van der Waals surface area (Å²) < 4.78 is 5.48. The van der Waals surface area contributed by atoms with Crippen molar-refractivity contribution in [2.45, 2.75) is 32.7 Å². The lowest BCUT2D eigenvalue weighted by Crippen LogP contribution is -2.37. The Morgan fingerprint density at radius 1 is 1.57 bits per heavy atom. The molecule has 0 aliphatic carbocycles. The summed E-state index contributed by atoms with van der Waals surface area (Å²) in [5, 5.41) is 0. The first-order chi connectivity index (χ1) is 6.49. The summed E-state index contributed by atoms with van der Waals surface area (Å²) >= 11 is 1.69. The molecule has 0 aliphatic rings. The predicted molar refractivity (Wildman–Crippen MR) is 59.6 cm³/mol. The van der Waals surface area contributed by atoms with Gasteiger partial charge in [-0.15, -0.1) is 11.3 Å². The van der Waals surface area contributed by atoms with Crippen LogP contribution in [-0.2, 0) is 11.2 Å². The van der Waals surface area contributed by atoms with Crippen LogP contribution < -0.4 is 5.73 Å². The van der Waals surface area contributed by atoms with Gasteiger partial charge in [-0.05, 0) is 20.8 Å². The number of aromatic nitrogens is 1. The standard InChI is InChI=1S/C10H18N2OS/c1-8-9(14-7-12-8)4-5-13-6-10(2,3)11/h7H,4-6,11H2,1-3H3. The number of hydrogen-bond donors (Lipinski definition) is 1. The largest absolute Gasteiger partial charge is 0.379 e. The zero-order valence-corrected chi connectivity index (χ0v) is 9.86. The lowest BCUT2D eigenvalue weighted by atomic mass is 10.1. The summed E-state index contributed by atoms with van der Waals surface area (Å²) in [5.74, 6) is 0. The van der Waals surface area contributed by atoms with Crippen molar-refractivity contribution in [3.05, 3.63) is 16.1 Å². The quantitative estimate of drug-likeness (QED) is 0.760. The molecule has 2 N–H and O–H groups in total. The number of thiazole rings is 1. The Hall–Kier alpha value is -0.450. The molecule has 0 radical (unpaired) electrons. The van der Waals surface area contributed by atoms with Crippen LogP contribution >= 0.6 is 11.3 Å². The van der Waals surface area contributed by atoms with Crippen molar-refractivity contribution in [1.82, 2.24) is 4.98 Å². The third kappa shape index (κ3) is 4.17. The second kappa shape index (κ2) is 4.87. The van der Waals surface area contributed by atoms with Crippen LogP contribution in [0, 0.1) is 6.92 Å². The molecule has 0 saturated carbocycles. The third-order valence-corrected chi connectivity index (χ3v) is 2.79. The molecule has 0 bridgehead atoms. The number of rotatable bonds is 5. The fourth-order valence-electron chi connectivity index (χ4n) is 1.07. The predicted octanol–water partition coefficient (Wildman–Crippen LogP) is 1.75. The molecule has 1 aromatic rings. The van der Waals surface area contributed by atoms with Crippen molar-refractivity contribution in [2.24, 2.45) is 5.73 Å². The lowest BCUT2D eigenvalue weighted by Gasteiger charge is -2.17. The Bertz CT molecular complexity index is 278. The van der Waals surface area contributed by atoms with Crippen molar-refractivity contribution < 1.29 is 4.74 Å². The van der Waals surface area contributed by atoms with Gasteiger partial charge in [-0.2, -0.15) is 0 Å². The minimum Gasteiger partial charge on any atom is -0.379 e. The number of hydrogen-bond acceptors (Lipinski definition) is 4. The van der Waals surface area contributed by atoms with Crippen LogP contribution in [0.25, 0.3) is 0 Å². The highest BCUT2D eigenvalue weighted by atomic mass is 32.1. The first kappa shape index (κ1) is 11.6. The third-order valence-electron chi connectivity index (χ3n) is 1.79. The van der Waals surface area contributed by atoms with Gasteiger partial charge < -0.3 is 10.5 Å². The van der Waals surface area contributed by atoms with Crippen molar-refractivity contribution in [1.29, 1.82) is 0 Å². The Balaban J connectivity index is 2.20. The Morgan fingerprint density at radius 3 is 2.79 bits per heavy atom. The second-order valence-corrected chi connectivity index (χ2v) is 5.09. The molecular formula is C10H18N2OS. The second-order valence-electron chi connectivity index (χ2n) is 4.15. The van der Waals surface area contributed by atoms with Gasteiger partial charge in [0.1, 0.15) is 0 Å². The van der Waals surface area contributed by atoms with Gasteiger partial charge in [0.2, 0.25) is 0 Å². The molecule has 0 spiro atoms. The van der Waals surface area contributed by atoms with Crippen LogP contribution in [0.2, 0.25) is 0 Å². The minimum absolute atomic E-state index is 0.233. The summed E-state index contributed by atoms with van der Waals surface area (Å²) in [4.78, 5) is 5.49. The Kier molecular flexibility index (Phi) is 4.04. The van der Waals surface area contributed by atoms with E-state index < -0.39 is 0 Å².